The van der Waals surface area contributed by atoms with Crippen molar-refractivity contribution in [2.45, 2.75) is 45.7 Å². The Balaban J connectivity index is 1.59. The van der Waals surface area contributed by atoms with E-state index in [0.717, 1.165) is 37.2 Å². The highest BCUT2D eigenvalue weighted by Crippen LogP contribution is 2.27. The lowest BCUT2D eigenvalue weighted by atomic mass is 9.90. The summed E-state index contributed by atoms with van der Waals surface area (Å²) in [5, 5.41) is 3.36. The number of nitrogens with one attached hydrogen (secondary N) is 1. The molecule has 1 amide bonds. The minimum atomic E-state index is -0.400. The van der Waals surface area contributed by atoms with Crippen molar-refractivity contribution < 1.29 is 9.18 Å². The zero-order chi connectivity index (χ0) is 17.8. The highest BCUT2D eigenvalue weighted by atomic mass is 32.1. The first-order chi connectivity index (χ1) is 12.0. The van der Waals surface area contributed by atoms with Gasteiger partial charge in [0.2, 0.25) is 5.91 Å². The molecule has 1 aliphatic rings. The summed E-state index contributed by atoms with van der Waals surface area (Å²) in [5.41, 5.74) is 0. The summed E-state index contributed by atoms with van der Waals surface area (Å²) in [6.07, 6.45) is 7.29. The van der Waals surface area contributed by atoms with Crippen LogP contribution >= 0.6 is 11.3 Å². The van der Waals surface area contributed by atoms with Crippen molar-refractivity contribution in [3.8, 4) is 0 Å². The van der Waals surface area contributed by atoms with Crippen LogP contribution in [-0.2, 0) is 17.8 Å². The zero-order valence-corrected chi connectivity index (χ0v) is 15.2. The molecule has 0 aromatic carbocycles. The predicted molar refractivity (Wildman–Crippen MR) is 94.7 cm³/mol. The Morgan fingerprint density at radius 1 is 1.32 bits per heavy atom. The first kappa shape index (κ1) is 17.9. The molecule has 0 aliphatic carbocycles. The van der Waals surface area contributed by atoms with E-state index < -0.39 is 5.82 Å². The van der Waals surface area contributed by atoms with Gasteiger partial charge in [0, 0.05) is 43.5 Å². The molecule has 3 heterocycles. The molecule has 1 aliphatic heterocycles. The van der Waals surface area contributed by atoms with Crippen molar-refractivity contribution in [2.75, 3.05) is 11.9 Å². The van der Waals surface area contributed by atoms with Gasteiger partial charge in [-0.15, -0.1) is 11.3 Å². The third kappa shape index (κ3) is 5.02. The van der Waals surface area contributed by atoms with E-state index in [0.29, 0.717) is 22.9 Å². The number of aromatic nitrogens is 3. The lowest BCUT2D eigenvalue weighted by molar-refractivity contribution is -0.114. The molecule has 1 N–H and O–H groups in total. The van der Waals surface area contributed by atoms with E-state index in [9.17, 15) is 9.18 Å². The second-order valence-electron chi connectivity index (χ2n) is 6.56. The smallest absolute Gasteiger partial charge is 0.223 e. The lowest BCUT2D eigenvalue weighted by Gasteiger charge is -2.37. The molecule has 2 aromatic rings. The highest BCUT2D eigenvalue weighted by molar-refractivity contribution is 7.15. The fourth-order valence-corrected chi connectivity index (χ4v) is 4.03. The Kier molecular flexibility index (Phi) is 5.70. The van der Waals surface area contributed by atoms with Gasteiger partial charge in [0.15, 0.2) is 10.9 Å². The minimum absolute atomic E-state index is 0.105. The van der Waals surface area contributed by atoms with Crippen LogP contribution in [0.1, 0.15) is 37.4 Å². The van der Waals surface area contributed by atoms with E-state index in [1.165, 1.54) is 30.7 Å². The second-order valence-corrected chi connectivity index (χ2v) is 7.67. The van der Waals surface area contributed by atoms with Gasteiger partial charge in [0.05, 0.1) is 12.4 Å². The topological polar surface area (TPSA) is 71.0 Å². The molecule has 0 spiro atoms. The van der Waals surface area contributed by atoms with Crippen LogP contribution in [0.2, 0.25) is 0 Å². The van der Waals surface area contributed by atoms with Gasteiger partial charge in [0.25, 0.3) is 0 Å². The van der Waals surface area contributed by atoms with Crippen molar-refractivity contribution in [3.63, 3.8) is 0 Å². The summed E-state index contributed by atoms with van der Waals surface area (Å²) in [6.45, 7) is 5.49. The number of anilines is 1. The molecule has 1 fully saturated rings. The predicted octanol–water partition coefficient (Wildman–Crippen LogP) is 2.87. The molecule has 0 bridgehead atoms. The van der Waals surface area contributed by atoms with Crippen LogP contribution in [0.25, 0.3) is 0 Å². The maximum absolute atomic E-state index is 12.9. The van der Waals surface area contributed by atoms with Crippen LogP contribution < -0.4 is 5.32 Å². The number of rotatable bonds is 5. The van der Waals surface area contributed by atoms with Crippen LogP contribution in [-0.4, -0.2) is 38.3 Å². The monoisotopic (exact) mass is 363 g/mol. The standard InChI is InChI=1S/C17H22FN5OS/c1-11-3-4-13(5-16-19-6-14(18)7-20-16)9-23(11)10-15-8-21-17(25-15)22-12(2)24/h6-8,11,13H,3-5,9-10H2,1-2H3,(H,21,22,24)/t11-,13+/m0/s1. The zero-order valence-electron chi connectivity index (χ0n) is 14.4. The van der Waals surface area contributed by atoms with Crippen molar-refractivity contribution in [1.82, 2.24) is 19.9 Å². The molecule has 25 heavy (non-hydrogen) atoms. The minimum Gasteiger partial charge on any atom is -0.302 e. The molecule has 2 atom stereocenters. The summed E-state index contributed by atoms with van der Waals surface area (Å²) in [6, 6.07) is 0.497. The van der Waals surface area contributed by atoms with Crippen LogP contribution in [0.15, 0.2) is 18.6 Å². The average molecular weight is 363 g/mol. The molecule has 0 unspecified atom stereocenters. The number of likely N-dealkylation sites (tertiary alicyclic amines) is 1. The van der Waals surface area contributed by atoms with Gasteiger partial charge in [-0.25, -0.2) is 19.3 Å². The van der Waals surface area contributed by atoms with E-state index in [2.05, 4.69) is 32.1 Å². The third-order valence-electron chi connectivity index (χ3n) is 4.45. The first-order valence-electron chi connectivity index (χ1n) is 8.42. The molecule has 0 saturated carbocycles. The van der Waals surface area contributed by atoms with Crippen LogP contribution in [0.3, 0.4) is 0 Å². The Morgan fingerprint density at radius 2 is 2.08 bits per heavy atom. The average Bonchev–Trinajstić information content (AvgIpc) is 2.99. The third-order valence-corrected chi connectivity index (χ3v) is 5.35. The largest absolute Gasteiger partial charge is 0.302 e. The molecule has 0 radical (unpaired) electrons. The Hall–Kier alpha value is -1.93. The lowest BCUT2D eigenvalue weighted by Crippen LogP contribution is -2.41. The Labute approximate surface area is 150 Å². The number of thiazole rings is 1. The number of amides is 1. The quantitative estimate of drug-likeness (QED) is 0.884. The number of carbonyl (C=O) groups is 1. The number of carbonyl (C=O) groups excluding carboxylic acids is 1. The number of piperidine rings is 1. The molecule has 8 heteroatoms. The van der Waals surface area contributed by atoms with Gasteiger partial charge in [-0.2, -0.15) is 0 Å². The molecule has 3 rings (SSSR count). The van der Waals surface area contributed by atoms with Gasteiger partial charge >= 0.3 is 0 Å². The van der Waals surface area contributed by atoms with Crippen LogP contribution in [0.4, 0.5) is 9.52 Å². The van der Waals surface area contributed by atoms with Gasteiger partial charge in [-0.05, 0) is 25.7 Å². The van der Waals surface area contributed by atoms with E-state index >= 15 is 0 Å². The normalized spacial score (nSPS) is 21.2. The highest BCUT2D eigenvalue weighted by Gasteiger charge is 2.26. The van der Waals surface area contributed by atoms with E-state index in [1.807, 2.05) is 6.20 Å². The second kappa shape index (κ2) is 7.97. The molecule has 134 valence electrons. The number of halogens is 1. The molecule has 6 nitrogen and oxygen atoms in total. The van der Waals surface area contributed by atoms with Gasteiger partial charge < -0.3 is 5.32 Å². The number of hydrogen-bond donors (Lipinski definition) is 1. The van der Waals surface area contributed by atoms with E-state index in [4.69, 9.17) is 0 Å². The maximum Gasteiger partial charge on any atom is 0.223 e. The van der Waals surface area contributed by atoms with Crippen LogP contribution in [0.5, 0.6) is 0 Å². The summed E-state index contributed by atoms with van der Waals surface area (Å²) >= 11 is 1.51. The van der Waals surface area contributed by atoms with Crippen molar-refractivity contribution in [1.29, 1.82) is 0 Å². The van der Waals surface area contributed by atoms with Crippen molar-refractivity contribution in [2.24, 2.45) is 5.92 Å². The van der Waals surface area contributed by atoms with Gasteiger partial charge in [-0.3, -0.25) is 9.69 Å². The molecular weight excluding hydrogens is 341 g/mol. The van der Waals surface area contributed by atoms with E-state index in [1.54, 1.807) is 0 Å². The SMILES string of the molecule is CC(=O)Nc1ncc(CN2C[C@@H](Cc3ncc(F)cn3)CC[C@@H]2C)s1. The fraction of sp³-hybridized carbons (Fsp3) is 0.529. The number of nitrogens with zero attached hydrogens (tertiary/aromatic N) is 4. The summed E-state index contributed by atoms with van der Waals surface area (Å²) < 4.78 is 12.9. The van der Waals surface area contributed by atoms with Crippen molar-refractivity contribution >= 4 is 22.4 Å². The van der Waals surface area contributed by atoms with Crippen molar-refractivity contribution in [3.05, 3.63) is 35.1 Å². The Bertz CT molecular complexity index is 720. The molecular formula is C17H22FN5OS. The molecule has 2 aromatic heterocycles. The maximum atomic E-state index is 12.9. The number of hydrogen-bond acceptors (Lipinski definition) is 6. The van der Waals surface area contributed by atoms with Gasteiger partial charge in [0.1, 0.15) is 5.82 Å². The summed E-state index contributed by atoms with van der Waals surface area (Å²) in [4.78, 5) is 27.1. The van der Waals surface area contributed by atoms with Crippen LogP contribution in [0, 0.1) is 11.7 Å². The molecule has 1 saturated heterocycles. The Morgan fingerprint density at radius 3 is 2.80 bits per heavy atom. The van der Waals surface area contributed by atoms with Gasteiger partial charge in [-0.1, -0.05) is 0 Å². The fourth-order valence-electron chi connectivity index (χ4n) is 3.14. The summed E-state index contributed by atoms with van der Waals surface area (Å²) in [7, 11) is 0. The summed E-state index contributed by atoms with van der Waals surface area (Å²) in [5.74, 6) is 0.658. The first-order valence-corrected chi connectivity index (χ1v) is 9.24. The van der Waals surface area contributed by atoms with E-state index in [-0.39, 0.29) is 5.91 Å².